The van der Waals surface area contributed by atoms with Crippen molar-refractivity contribution < 1.29 is 4.74 Å². The van der Waals surface area contributed by atoms with Crippen LogP contribution in [0.25, 0.3) is 6.08 Å². The smallest absolute Gasteiger partial charge is 0.124 e. The lowest BCUT2D eigenvalue weighted by Gasteiger charge is -2.07. The van der Waals surface area contributed by atoms with E-state index in [2.05, 4.69) is 12.1 Å². The lowest BCUT2D eigenvalue weighted by atomic mass is 10.2. The average Bonchev–Trinajstić information content (AvgIpc) is 2.45. The minimum Gasteiger partial charge on any atom is -0.489 e. The van der Waals surface area contributed by atoms with Crippen LogP contribution >= 0.6 is 0 Å². The molecular weight excluding hydrogens is 222 g/mol. The van der Waals surface area contributed by atoms with Gasteiger partial charge in [0.15, 0.2) is 0 Å². The summed E-state index contributed by atoms with van der Waals surface area (Å²) in [6.45, 7) is 1.05. The van der Waals surface area contributed by atoms with Crippen molar-refractivity contribution in [2.45, 2.75) is 6.54 Å². The second kappa shape index (κ2) is 6.62. The second-order valence-corrected chi connectivity index (χ2v) is 3.94. The highest BCUT2D eigenvalue weighted by molar-refractivity contribution is 5.48. The normalized spacial score (nSPS) is 10.7. The maximum Gasteiger partial charge on any atom is 0.124 e. The molecule has 0 aliphatic heterocycles. The van der Waals surface area contributed by atoms with Crippen LogP contribution in [0, 0.1) is 0 Å². The summed E-state index contributed by atoms with van der Waals surface area (Å²) in [4.78, 5) is 0. The fourth-order valence-electron chi connectivity index (χ4n) is 1.70. The van der Waals surface area contributed by atoms with Gasteiger partial charge in [-0.1, -0.05) is 54.6 Å². The van der Waals surface area contributed by atoms with Crippen LogP contribution in [-0.4, -0.2) is 6.61 Å². The van der Waals surface area contributed by atoms with E-state index in [0.717, 1.165) is 11.3 Å². The third-order valence-corrected chi connectivity index (χ3v) is 2.64. The highest BCUT2D eigenvalue weighted by Crippen LogP contribution is 2.16. The second-order valence-electron chi connectivity index (χ2n) is 3.94. The minimum absolute atomic E-state index is 0.499. The van der Waals surface area contributed by atoms with E-state index < -0.39 is 0 Å². The fourth-order valence-corrected chi connectivity index (χ4v) is 1.70. The Morgan fingerprint density at radius 3 is 2.44 bits per heavy atom. The van der Waals surface area contributed by atoms with Gasteiger partial charge in [0.25, 0.3) is 0 Å². The number of benzene rings is 2. The first-order valence-corrected chi connectivity index (χ1v) is 6.02. The van der Waals surface area contributed by atoms with Crippen LogP contribution in [0.2, 0.25) is 0 Å². The summed E-state index contributed by atoms with van der Waals surface area (Å²) in [6.07, 6.45) is 4.05. The maximum atomic E-state index is 5.68. The molecule has 0 bridgehead atoms. The van der Waals surface area contributed by atoms with Gasteiger partial charge in [-0.2, -0.15) is 0 Å². The summed E-state index contributed by atoms with van der Waals surface area (Å²) in [6, 6.07) is 18.0. The van der Waals surface area contributed by atoms with Crippen LogP contribution in [0.1, 0.15) is 11.1 Å². The summed E-state index contributed by atoms with van der Waals surface area (Å²) in [7, 11) is 0. The summed E-state index contributed by atoms with van der Waals surface area (Å²) in [5, 5.41) is 0. The highest BCUT2D eigenvalue weighted by atomic mass is 16.5. The topological polar surface area (TPSA) is 35.2 Å². The lowest BCUT2D eigenvalue weighted by molar-refractivity contribution is 0.359. The van der Waals surface area contributed by atoms with Gasteiger partial charge < -0.3 is 10.5 Å². The van der Waals surface area contributed by atoms with Gasteiger partial charge in [-0.05, 0) is 17.7 Å². The molecule has 2 aromatic rings. The van der Waals surface area contributed by atoms with Crippen molar-refractivity contribution in [1.82, 2.24) is 0 Å². The Bertz CT molecular complexity index is 506. The van der Waals surface area contributed by atoms with E-state index in [1.165, 1.54) is 5.56 Å². The highest BCUT2D eigenvalue weighted by Gasteiger charge is 1.98. The van der Waals surface area contributed by atoms with Crippen molar-refractivity contribution in [2.75, 3.05) is 6.61 Å². The minimum atomic E-state index is 0.499. The molecule has 18 heavy (non-hydrogen) atoms. The Kier molecular flexibility index (Phi) is 4.56. The molecule has 0 unspecified atom stereocenters. The van der Waals surface area contributed by atoms with Crippen molar-refractivity contribution in [3.05, 3.63) is 71.8 Å². The molecule has 0 amide bonds. The maximum absolute atomic E-state index is 5.68. The monoisotopic (exact) mass is 239 g/mol. The number of para-hydroxylation sites is 1. The van der Waals surface area contributed by atoms with E-state index in [1.54, 1.807) is 0 Å². The molecule has 0 atom stereocenters. The van der Waals surface area contributed by atoms with Gasteiger partial charge in [0.05, 0.1) is 0 Å². The quantitative estimate of drug-likeness (QED) is 0.869. The first-order valence-electron chi connectivity index (χ1n) is 6.02. The molecule has 2 nitrogen and oxygen atoms in total. The van der Waals surface area contributed by atoms with E-state index in [4.69, 9.17) is 10.5 Å². The summed E-state index contributed by atoms with van der Waals surface area (Å²) >= 11 is 0. The molecule has 2 rings (SSSR count). The van der Waals surface area contributed by atoms with Crippen LogP contribution < -0.4 is 10.5 Å². The number of hydrogen-bond donors (Lipinski definition) is 1. The van der Waals surface area contributed by atoms with Gasteiger partial charge >= 0.3 is 0 Å². The SMILES string of the molecule is NCc1ccccc1OC/C=C/c1ccccc1. The fraction of sp³-hybridized carbons (Fsp3) is 0.125. The van der Waals surface area contributed by atoms with Gasteiger partial charge in [-0.15, -0.1) is 0 Å². The van der Waals surface area contributed by atoms with Crippen LogP contribution in [0.5, 0.6) is 5.75 Å². The van der Waals surface area contributed by atoms with Crippen molar-refractivity contribution in [3.63, 3.8) is 0 Å². The zero-order valence-electron chi connectivity index (χ0n) is 10.3. The molecular formula is C16H17NO. The van der Waals surface area contributed by atoms with E-state index >= 15 is 0 Å². The third-order valence-electron chi connectivity index (χ3n) is 2.64. The standard InChI is InChI=1S/C16H17NO/c17-13-15-10-4-5-11-16(15)18-12-6-9-14-7-2-1-3-8-14/h1-11H,12-13,17H2/b9-6+. The molecule has 0 aliphatic rings. The molecule has 2 heteroatoms. The van der Waals surface area contributed by atoms with Crippen LogP contribution in [-0.2, 0) is 6.54 Å². The molecule has 92 valence electrons. The van der Waals surface area contributed by atoms with Gasteiger partial charge in [0, 0.05) is 12.1 Å². The molecule has 2 N–H and O–H groups in total. The molecule has 0 aromatic heterocycles. The lowest BCUT2D eigenvalue weighted by Crippen LogP contribution is -2.02. The predicted molar refractivity (Wildman–Crippen MR) is 75.3 cm³/mol. The van der Waals surface area contributed by atoms with Gasteiger partial charge in [0.1, 0.15) is 12.4 Å². The first kappa shape index (κ1) is 12.4. The van der Waals surface area contributed by atoms with E-state index in [0.29, 0.717) is 13.2 Å². The van der Waals surface area contributed by atoms with Crippen LogP contribution in [0.3, 0.4) is 0 Å². The van der Waals surface area contributed by atoms with Crippen LogP contribution in [0.15, 0.2) is 60.7 Å². The molecule has 0 fully saturated rings. The van der Waals surface area contributed by atoms with Crippen LogP contribution in [0.4, 0.5) is 0 Å². The van der Waals surface area contributed by atoms with E-state index in [1.807, 2.05) is 54.6 Å². The molecule has 2 aromatic carbocycles. The molecule has 0 heterocycles. The summed E-state index contributed by atoms with van der Waals surface area (Å²) in [5.74, 6) is 0.859. The Hall–Kier alpha value is -2.06. The summed E-state index contributed by atoms with van der Waals surface area (Å²) < 4.78 is 5.68. The molecule has 0 saturated heterocycles. The Morgan fingerprint density at radius 1 is 0.944 bits per heavy atom. The zero-order chi connectivity index (χ0) is 12.6. The van der Waals surface area contributed by atoms with E-state index in [9.17, 15) is 0 Å². The largest absolute Gasteiger partial charge is 0.489 e. The van der Waals surface area contributed by atoms with Crippen molar-refractivity contribution in [3.8, 4) is 5.75 Å². The van der Waals surface area contributed by atoms with Crippen molar-refractivity contribution in [1.29, 1.82) is 0 Å². The Balaban J connectivity index is 1.91. The number of rotatable bonds is 5. The number of nitrogens with two attached hydrogens (primary N) is 1. The van der Waals surface area contributed by atoms with Gasteiger partial charge in [-0.25, -0.2) is 0 Å². The molecule has 0 radical (unpaired) electrons. The third kappa shape index (κ3) is 3.47. The summed E-state index contributed by atoms with van der Waals surface area (Å²) in [5.41, 5.74) is 7.86. The Morgan fingerprint density at radius 2 is 1.67 bits per heavy atom. The predicted octanol–water partition coefficient (Wildman–Crippen LogP) is 3.24. The Labute approximate surface area is 108 Å². The molecule has 0 saturated carbocycles. The number of ether oxygens (including phenoxy) is 1. The van der Waals surface area contributed by atoms with Gasteiger partial charge in [-0.3, -0.25) is 0 Å². The van der Waals surface area contributed by atoms with E-state index in [-0.39, 0.29) is 0 Å². The average molecular weight is 239 g/mol. The zero-order valence-corrected chi connectivity index (χ0v) is 10.3. The van der Waals surface area contributed by atoms with Crippen molar-refractivity contribution >= 4 is 6.08 Å². The number of hydrogen-bond acceptors (Lipinski definition) is 2. The first-order chi connectivity index (χ1) is 8.90. The van der Waals surface area contributed by atoms with Crippen molar-refractivity contribution in [2.24, 2.45) is 5.73 Å². The van der Waals surface area contributed by atoms with Gasteiger partial charge in [0.2, 0.25) is 0 Å². The molecule has 0 aliphatic carbocycles. The molecule has 0 spiro atoms.